The summed E-state index contributed by atoms with van der Waals surface area (Å²) in [7, 11) is 1.38. The molecule has 21 heavy (non-hydrogen) atoms. The Morgan fingerprint density at radius 2 is 2.05 bits per heavy atom. The third kappa shape index (κ3) is 2.76. The molecule has 0 radical (unpaired) electrons. The minimum atomic E-state index is -0.331. The Morgan fingerprint density at radius 1 is 1.24 bits per heavy atom. The SMILES string of the molecule is COC(=O)c1ccc(N2CCC(c3cccnc3)=N2)cc1. The lowest BCUT2D eigenvalue weighted by Gasteiger charge is -2.13. The Bertz CT molecular complexity index is 666. The van der Waals surface area contributed by atoms with Gasteiger partial charge in [-0.2, -0.15) is 5.10 Å². The molecular weight excluding hydrogens is 266 g/mol. The molecule has 0 spiro atoms. The maximum atomic E-state index is 11.4. The molecule has 3 rings (SSSR count). The average Bonchev–Trinajstić information content (AvgIpc) is 3.05. The largest absolute Gasteiger partial charge is 0.465 e. The smallest absolute Gasteiger partial charge is 0.337 e. The Labute approximate surface area is 122 Å². The molecule has 1 aliphatic rings. The fraction of sp³-hybridized carbons (Fsp3) is 0.188. The molecule has 1 aromatic carbocycles. The van der Waals surface area contributed by atoms with E-state index in [0.29, 0.717) is 5.56 Å². The number of aromatic nitrogens is 1. The van der Waals surface area contributed by atoms with E-state index in [2.05, 4.69) is 14.8 Å². The molecule has 5 heteroatoms. The van der Waals surface area contributed by atoms with Gasteiger partial charge in [-0.25, -0.2) is 4.79 Å². The highest BCUT2D eigenvalue weighted by Gasteiger charge is 2.17. The van der Waals surface area contributed by atoms with Gasteiger partial charge < -0.3 is 4.74 Å². The van der Waals surface area contributed by atoms with Crippen molar-refractivity contribution < 1.29 is 9.53 Å². The number of hydrogen-bond acceptors (Lipinski definition) is 5. The summed E-state index contributed by atoms with van der Waals surface area (Å²) in [4.78, 5) is 15.5. The third-order valence-corrected chi connectivity index (χ3v) is 3.38. The number of methoxy groups -OCH3 is 1. The molecule has 0 N–H and O–H groups in total. The molecule has 2 heterocycles. The van der Waals surface area contributed by atoms with Gasteiger partial charge in [-0.15, -0.1) is 0 Å². The Balaban J connectivity index is 1.79. The van der Waals surface area contributed by atoms with Crippen LogP contribution >= 0.6 is 0 Å². The van der Waals surface area contributed by atoms with Gasteiger partial charge in [-0.3, -0.25) is 9.99 Å². The van der Waals surface area contributed by atoms with Crippen LogP contribution in [0.4, 0.5) is 5.69 Å². The van der Waals surface area contributed by atoms with Crippen molar-refractivity contribution in [3.8, 4) is 0 Å². The van der Waals surface area contributed by atoms with Crippen LogP contribution in [0.15, 0.2) is 53.9 Å². The molecule has 0 fully saturated rings. The number of anilines is 1. The van der Waals surface area contributed by atoms with Crippen molar-refractivity contribution in [2.24, 2.45) is 5.10 Å². The van der Waals surface area contributed by atoms with Crippen molar-refractivity contribution in [3.63, 3.8) is 0 Å². The van der Waals surface area contributed by atoms with Crippen molar-refractivity contribution in [2.45, 2.75) is 6.42 Å². The average molecular weight is 281 g/mol. The summed E-state index contributed by atoms with van der Waals surface area (Å²) < 4.78 is 4.69. The first-order chi connectivity index (χ1) is 10.3. The van der Waals surface area contributed by atoms with Gasteiger partial charge in [0.2, 0.25) is 0 Å². The van der Waals surface area contributed by atoms with E-state index in [1.165, 1.54) is 7.11 Å². The standard InChI is InChI=1S/C16H15N3O2/c1-21-16(20)12-4-6-14(7-5-12)19-10-8-15(18-19)13-3-2-9-17-11-13/h2-7,9,11H,8,10H2,1H3. The third-order valence-electron chi connectivity index (χ3n) is 3.38. The second-order valence-electron chi connectivity index (χ2n) is 4.70. The number of carbonyl (C=O) groups excluding carboxylic acids is 1. The summed E-state index contributed by atoms with van der Waals surface area (Å²) in [5.74, 6) is -0.331. The summed E-state index contributed by atoms with van der Waals surface area (Å²) in [5, 5.41) is 6.55. The molecule has 0 unspecified atom stereocenters. The molecule has 106 valence electrons. The predicted molar refractivity (Wildman–Crippen MR) is 80.5 cm³/mol. The summed E-state index contributed by atoms with van der Waals surface area (Å²) in [6.07, 6.45) is 4.45. The Kier molecular flexibility index (Phi) is 3.64. The van der Waals surface area contributed by atoms with Crippen molar-refractivity contribution >= 4 is 17.4 Å². The van der Waals surface area contributed by atoms with Gasteiger partial charge in [0.25, 0.3) is 0 Å². The molecule has 2 aromatic rings. The zero-order valence-electron chi connectivity index (χ0n) is 11.7. The highest BCUT2D eigenvalue weighted by atomic mass is 16.5. The molecule has 0 atom stereocenters. The molecular formula is C16H15N3O2. The molecule has 0 bridgehead atoms. The molecule has 0 saturated heterocycles. The van der Waals surface area contributed by atoms with Crippen LogP contribution in [0.2, 0.25) is 0 Å². The highest BCUT2D eigenvalue weighted by Crippen LogP contribution is 2.22. The zero-order valence-corrected chi connectivity index (χ0v) is 11.7. The number of nitrogens with zero attached hydrogens (tertiary/aromatic N) is 3. The molecule has 1 aromatic heterocycles. The van der Waals surface area contributed by atoms with Gasteiger partial charge in [-0.1, -0.05) is 6.07 Å². The second-order valence-corrected chi connectivity index (χ2v) is 4.70. The van der Waals surface area contributed by atoms with E-state index < -0.39 is 0 Å². The quantitative estimate of drug-likeness (QED) is 0.811. The van der Waals surface area contributed by atoms with E-state index >= 15 is 0 Å². The highest BCUT2D eigenvalue weighted by molar-refractivity contribution is 6.02. The maximum absolute atomic E-state index is 11.4. The first kappa shape index (κ1) is 13.3. The number of pyridine rings is 1. The minimum absolute atomic E-state index is 0.331. The lowest BCUT2D eigenvalue weighted by molar-refractivity contribution is 0.0601. The summed E-state index contributed by atoms with van der Waals surface area (Å²) in [6, 6.07) is 11.2. The van der Waals surface area contributed by atoms with Crippen molar-refractivity contribution in [2.75, 3.05) is 18.7 Å². The number of ether oxygens (including phenoxy) is 1. The topological polar surface area (TPSA) is 54.8 Å². The van der Waals surface area contributed by atoms with Gasteiger partial charge in [-0.05, 0) is 30.3 Å². The minimum Gasteiger partial charge on any atom is -0.465 e. The number of carbonyl (C=O) groups is 1. The predicted octanol–water partition coefficient (Wildman–Crippen LogP) is 2.48. The van der Waals surface area contributed by atoms with E-state index in [0.717, 1.165) is 29.9 Å². The van der Waals surface area contributed by atoms with Crippen LogP contribution in [0, 0.1) is 0 Å². The summed E-state index contributed by atoms with van der Waals surface area (Å²) in [5.41, 5.74) is 3.57. The number of hydrazone groups is 1. The Hall–Kier alpha value is -2.69. The van der Waals surface area contributed by atoms with E-state index in [1.54, 1.807) is 18.3 Å². The molecule has 5 nitrogen and oxygen atoms in total. The zero-order chi connectivity index (χ0) is 14.7. The lowest BCUT2D eigenvalue weighted by atomic mass is 10.1. The molecule has 1 aliphatic heterocycles. The van der Waals surface area contributed by atoms with Gasteiger partial charge in [0.05, 0.1) is 24.1 Å². The van der Waals surface area contributed by atoms with Crippen LogP contribution in [0.1, 0.15) is 22.3 Å². The molecule has 0 amide bonds. The van der Waals surface area contributed by atoms with Crippen LogP contribution < -0.4 is 5.01 Å². The fourth-order valence-corrected chi connectivity index (χ4v) is 2.27. The fourth-order valence-electron chi connectivity index (χ4n) is 2.27. The second kappa shape index (κ2) is 5.75. The van der Waals surface area contributed by atoms with Crippen LogP contribution in [-0.2, 0) is 4.74 Å². The first-order valence-corrected chi connectivity index (χ1v) is 6.72. The van der Waals surface area contributed by atoms with E-state index in [1.807, 2.05) is 35.5 Å². The number of hydrogen-bond donors (Lipinski definition) is 0. The first-order valence-electron chi connectivity index (χ1n) is 6.72. The normalized spacial score (nSPS) is 14.0. The van der Waals surface area contributed by atoms with Gasteiger partial charge in [0.1, 0.15) is 0 Å². The number of esters is 1. The van der Waals surface area contributed by atoms with Crippen molar-refractivity contribution in [1.29, 1.82) is 0 Å². The van der Waals surface area contributed by atoms with Crippen LogP contribution in [0.3, 0.4) is 0 Å². The van der Waals surface area contributed by atoms with Gasteiger partial charge in [0.15, 0.2) is 0 Å². The van der Waals surface area contributed by atoms with E-state index in [-0.39, 0.29) is 5.97 Å². The van der Waals surface area contributed by atoms with Crippen LogP contribution in [0.5, 0.6) is 0 Å². The van der Waals surface area contributed by atoms with E-state index in [9.17, 15) is 4.79 Å². The molecule has 0 aliphatic carbocycles. The molecule has 0 saturated carbocycles. The van der Waals surface area contributed by atoms with Crippen LogP contribution in [-0.4, -0.2) is 30.3 Å². The van der Waals surface area contributed by atoms with Crippen LogP contribution in [0.25, 0.3) is 0 Å². The number of rotatable bonds is 3. The monoisotopic (exact) mass is 281 g/mol. The van der Waals surface area contributed by atoms with E-state index in [4.69, 9.17) is 0 Å². The van der Waals surface area contributed by atoms with Crippen molar-refractivity contribution in [3.05, 3.63) is 59.9 Å². The van der Waals surface area contributed by atoms with Gasteiger partial charge in [0, 0.05) is 30.9 Å². The Morgan fingerprint density at radius 3 is 2.71 bits per heavy atom. The van der Waals surface area contributed by atoms with Crippen molar-refractivity contribution in [1.82, 2.24) is 4.98 Å². The number of benzene rings is 1. The maximum Gasteiger partial charge on any atom is 0.337 e. The lowest BCUT2D eigenvalue weighted by Crippen LogP contribution is -2.12. The summed E-state index contributed by atoms with van der Waals surface area (Å²) >= 11 is 0. The van der Waals surface area contributed by atoms with Gasteiger partial charge >= 0.3 is 5.97 Å². The summed E-state index contributed by atoms with van der Waals surface area (Å²) in [6.45, 7) is 0.821.